The Hall–Kier alpha value is -2.80. The molecular formula is C31H49NO6. The first-order valence-corrected chi connectivity index (χ1v) is 14.1. The maximum Gasteiger partial charge on any atom is 0.303 e. The van der Waals surface area contributed by atoms with Crippen molar-refractivity contribution in [1.82, 2.24) is 4.90 Å². The number of nitrogens with zero attached hydrogens (tertiary/aromatic N) is 1. The van der Waals surface area contributed by atoms with Gasteiger partial charge in [-0.3, -0.25) is 9.59 Å². The van der Waals surface area contributed by atoms with E-state index in [1.54, 1.807) is 19.0 Å². The average Bonchev–Trinajstić information content (AvgIpc) is 2.89. The van der Waals surface area contributed by atoms with Crippen molar-refractivity contribution in [3.05, 3.63) is 48.1 Å². The van der Waals surface area contributed by atoms with Crippen molar-refractivity contribution < 1.29 is 29.3 Å². The lowest BCUT2D eigenvalue weighted by Crippen LogP contribution is -2.21. The lowest BCUT2D eigenvalue weighted by molar-refractivity contribution is -0.137. The molecule has 1 rings (SSSR count). The Balaban J connectivity index is 2.38. The number of carboxylic acid groups (broad SMARTS) is 1. The van der Waals surface area contributed by atoms with Crippen LogP contribution in [0, 0.1) is 0 Å². The number of amides is 1. The topological polar surface area (TPSA) is 96.3 Å². The molecular weight excluding hydrogens is 482 g/mol. The zero-order valence-corrected chi connectivity index (χ0v) is 23.7. The van der Waals surface area contributed by atoms with Crippen LogP contribution in [0.3, 0.4) is 0 Å². The van der Waals surface area contributed by atoms with E-state index in [0.29, 0.717) is 44.0 Å². The molecule has 214 valence electrons. The minimum atomic E-state index is -0.853. The van der Waals surface area contributed by atoms with Crippen molar-refractivity contribution in [2.45, 2.75) is 96.5 Å². The Morgan fingerprint density at radius 1 is 0.921 bits per heavy atom. The second-order valence-electron chi connectivity index (χ2n) is 9.80. The van der Waals surface area contributed by atoms with Gasteiger partial charge in [-0.25, -0.2) is 0 Å². The van der Waals surface area contributed by atoms with Crippen LogP contribution in [0.25, 0.3) is 0 Å². The second kappa shape index (κ2) is 21.2. The number of carbonyl (C=O) groups is 2. The molecule has 1 amide bonds. The van der Waals surface area contributed by atoms with Gasteiger partial charge in [-0.05, 0) is 81.5 Å². The van der Waals surface area contributed by atoms with E-state index < -0.39 is 12.1 Å². The van der Waals surface area contributed by atoms with Crippen LogP contribution >= 0.6 is 0 Å². The van der Waals surface area contributed by atoms with Gasteiger partial charge in [-0.2, -0.15) is 0 Å². The quantitative estimate of drug-likeness (QED) is 0.134. The largest absolute Gasteiger partial charge is 0.494 e. The molecule has 38 heavy (non-hydrogen) atoms. The van der Waals surface area contributed by atoms with E-state index in [0.717, 1.165) is 44.1 Å². The Morgan fingerprint density at radius 3 is 2.37 bits per heavy atom. The number of hydrogen-bond donors (Lipinski definition) is 2. The number of aliphatic carboxylic acids is 1. The van der Waals surface area contributed by atoms with Crippen LogP contribution in [-0.2, 0) is 16.0 Å². The number of unbranched alkanes of at least 4 members (excludes halogenated alkanes) is 6. The summed E-state index contributed by atoms with van der Waals surface area (Å²) in [7, 11) is 3.50. The molecule has 0 aliphatic carbocycles. The van der Waals surface area contributed by atoms with Crippen LogP contribution in [0.5, 0.6) is 11.5 Å². The normalized spacial score (nSPS) is 12.2. The number of carbonyl (C=O) groups excluding carboxylic acids is 1. The molecule has 0 spiro atoms. The molecule has 0 aromatic heterocycles. The van der Waals surface area contributed by atoms with Gasteiger partial charge in [-0.1, -0.05) is 44.1 Å². The summed E-state index contributed by atoms with van der Waals surface area (Å²) >= 11 is 0. The van der Waals surface area contributed by atoms with Gasteiger partial charge < -0.3 is 24.6 Å². The summed E-state index contributed by atoms with van der Waals surface area (Å²) in [5, 5.41) is 19.2. The van der Waals surface area contributed by atoms with Crippen LogP contribution in [0.15, 0.2) is 42.5 Å². The molecule has 7 nitrogen and oxygen atoms in total. The predicted molar refractivity (Wildman–Crippen MR) is 153 cm³/mol. The number of aliphatic hydroxyl groups excluding tert-OH is 1. The SMILES string of the molecule is CCCCC/C=C\CC(O)/C=C/CCCCOc1ccc(OCCCCC(=O)N(C)C)cc1CCC(=O)O. The molecule has 1 aromatic carbocycles. The molecule has 0 aliphatic heterocycles. The summed E-state index contributed by atoms with van der Waals surface area (Å²) in [5.74, 6) is 0.619. The number of hydrogen-bond acceptors (Lipinski definition) is 5. The van der Waals surface area contributed by atoms with Crippen LogP contribution < -0.4 is 9.47 Å². The van der Waals surface area contributed by atoms with Gasteiger partial charge in [0.1, 0.15) is 11.5 Å². The molecule has 1 unspecified atom stereocenters. The first-order valence-electron chi connectivity index (χ1n) is 14.1. The highest BCUT2D eigenvalue weighted by molar-refractivity contribution is 5.75. The Labute approximate surface area is 229 Å². The number of benzene rings is 1. The van der Waals surface area contributed by atoms with Crippen molar-refractivity contribution in [2.75, 3.05) is 27.3 Å². The number of carboxylic acids is 1. The molecule has 0 fully saturated rings. The number of allylic oxidation sites excluding steroid dienone is 2. The lowest BCUT2D eigenvalue weighted by atomic mass is 10.1. The fraction of sp³-hybridized carbons (Fsp3) is 0.613. The smallest absolute Gasteiger partial charge is 0.303 e. The summed E-state index contributed by atoms with van der Waals surface area (Å²) in [6, 6.07) is 5.53. The maximum atomic E-state index is 11.6. The molecule has 0 aliphatic rings. The van der Waals surface area contributed by atoms with Gasteiger partial charge in [0.2, 0.25) is 5.91 Å². The molecule has 2 N–H and O–H groups in total. The van der Waals surface area contributed by atoms with E-state index in [4.69, 9.17) is 14.6 Å². The van der Waals surface area contributed by atoms with Crippen LogP contribution in [0.2, 0.25) is 0 Å². The van der Waals surface area contributed by atoms with Crippen LogP contribution in [0.4, 0.5) is 0 Å². The van der Waals surface area contributed by atoms with Crippen molar-refractivity contribution in [1.29, 1.82) is 0 Å². The highest BCUT2D eigenvalue weighted by Gasteiger charge is 2.09. The van der Waals surface area contributed by atoms with Gasteiger partial charge in [-0.15, -0.1) is 0 Å². The fourth-order valence-electron chi connectivity index (χ4n) is 3.76. The number of aryl methyl sites for hydroxylation is 1. The Kier molecular flexibility index (Phi) is 18.5. The van der Waals surface area contributed by atoms with E-state index in [2.05, 4.69) is 19.1 Å². The monoisotopic (exact) mass is 531 g/mol. The van der Waals surface area contributed by atoms with Crippen LogP contribution in [0.1, 0.15) is 89.5 Å². The van der Waals surface area contributed by atoms with Crippen LogP contribution in [-0.4, -0.2) is 60.4 Å². The van der Waals surface area contributed by atoms with Crippen molar-refractivity contribution in [3.63, 3.8) is 0 Å². The Bertz CT molecular complexity index is 849. The fourth-order valence-corrected chi connectivity index (χ4v) is 3.76. The molecule has 0 saturated heterocycles. The maximum absolute atomic E-state index is 11.6. The molecule has 0 radical (unpaired) electrons. The standard InChI is InChI=1S/C31H49NO6/c1-4-5-6-7-8-11-16-27(33)17-12-9-10-14-24-38-29-21-20-28(25-26(29)19-22-31(35)36)37-23-15-13-18-30(34)32(2)3/h8,11-12,17,20-21,25,27,33H,4-7,9-10,13-16,18-19,22-24H2,1-3H3,(H,35,36)/b11-8-,17-12+. The predicted octanol–water partition coefficient (Wildman–Crippen LogP) is 6.33. The minimum Gasteiger partial charge on any atom is -0.494 e. The van der Waals surface area contributed by atoms with Gasteiger partial charge in [0.05, 0.1) is 19.3 Å². The van der Waals surface area contributed by atoms with E-state index in [1.165, 1.54) is 19.3 Å². The van der Waals surface area contributed by atoms with Gasteiger partial charge in [0.25, 0.3) is 0 Å². The molecule has 1 atom stereocenters. The summed E-state index contributed by atoms with van der Waals surface area (Å²) in [5.41, 5.74) is 0.818. The van der Waals surface area contributed by atoms with Crippen molar-refractivity contribution >= 4 is 11.9 Å². The van der Waals surface area contributed by atoms with Gasteiger partial charge in [0, 0.05) is 26.9 Å². The second-order valence-corrected chi connectivity index (χ2v) is 9.80. The van der Waals surface area contributed by atoms with Crippen molar-refractivity contribution in [3.8, 4) is 11.5 Å². The van der Waals surface area contributed by atoms with Gasteiger partial charge >= 0.3 is 5.97 Å². The highest BCUT2D eigenvalue weighted by atomic mass is 16.5. The molecule has 1 aromatic rings. The summed E-state index contributed by atoms with van der Waals surface area (Å²) < 4.78 is 11.8. The zero-order chi connectivity index (χ0) is 28.0. The van der Waals surface area contributed by atoms with Gasteiger partial charge in [0.15, 0.2) is 0 Å². The zero-order valence-electron chi connectivity index (χ0n) is 23.7. The number of aliphatic hydroxyl groups is 1. The van der Waals surface area contributed by atoms with E-state index in [9.17, 15) is 14.7 Å². The van der Waals surface area contributed by atoms with Crippen molar-refractivity contribution in [2.24, 2.45) is 0 Å². The summed E-state index contributed by atoms with van der Waals surface area (Å²) in [6.45, 7) is 3.23. The first kappa shape index (κ1) is 33.2. The third-order valence-electron chi connectivity index (χ3n) is 6.09. The molecule has 7 heteroatoms. The Morgan fingerprint density at radius 2 is 1.63 bits per heavy atom. The third-order valence-corrected chi connectivity index (χ3v) is 6.09. The molecule has 0 saturated carbocycles. The number of ether oxygens (including phenoxy) is 2. The average molecular weight is 532 g/mol. The summed E-state index contributed by atoms with van der Waals surface area (Å²) in [6.07, 6.45) is 18.2. The third kappa shape index (κ3) is 16.8. The number of rotatable bonds is 22. The van der Waals surface area contributed by atoms with E-state index in [1.807, 2.05) is 30.4 Å². The van der Waals surface area contributed by atoms with E-state index in [-0.39, 0.29) is 12.3 Å². The lowest BCUT2D eigenvalue weighted by Gasteiger charge is -2.14. The minimum absolute atomic E-state index is 0.0213. The van der Waals surface area contributed by atoms with E-state index >= 15 is 0 Å². The molecule has 0 bridgehead atoms. The first-order chi connectivity index (χ1) is 18.3. The summed E-state index contributed by atoms with van der Waals surface area (Å²) in [4.78, 5) is 24.3. The molecule has 0 heterocycles. The highest BCUT2D eigenvalue weighted by Crippen LogP contribution is 2.26.